The maximum atomic E-state index is 13.1. The van der Waals surface area contributed by atoms with E-state index in [1.807, 2.05) is 0 Å². The number of anilines is 2. The molecule has 11 heteroatoms. The van der Waals surface area contributed by atoms with Gasteiger partial charge in [0.2, 0.25) is 21.8 Å². The number of hydrogen-bond acceptors (Lipinski definition) is 9. The number of rotatable bonds is 7. The summed E-state index contributed by atoms with van der Waals surface area (Å²) in [4.78, 5) is 21.5. The fourth-order valence-corrected chi connectivity index (χ4v) is 4.24. The minimum absolute atomic E-state index is 0.0123. The van der Waals surface area contributed by atoms with Crippen molar-refractivity contribution in [3.63, 3.8) is 0 Å². The minimum Gasteiger partial charge on any atom is -0.496 e. The van der Waals surface area contributed by atoms with Crippen LogP contribution in [0.1, 0.15) is 28.8 Å². The Kier molecular flexibility index (Phi) is 6.42. The molecule has 162 valence electrons. The van der Waals surface area contributed by atoms with Gasteiger partial charge in [0, 0.05) is 25.3 Å². The van der Waals surface area contributed by atoms with E-state index in [4.69, 9.17) is 15.2 Å². The molecule has 1 aromatic heterocycles. The van der Waals surface area contributed by atoms with Crippen LogP contribution in [0.15, 0.2) is 24.4 Å². The van der Waals surface area contributed by atoms with Crippen LogP contribution in [-0.4, -0.2) is 68.1 Å². The molecule has 0 amide bonds. The molecule has 2 aromatic rings. The molecule has 30 heavy (non-hydrogen) atoms. The molecule has 1 aliphatic rings. The monoisotopic (exact) mass is 435 g/mol. The van der Waals surface area contributed by atoms with Crippen LogP contribution in [0.3, 0.4) is 0 Å². The molecule has 1 saturated heterocycles. The number of sulfonamides is 1. The van der Waals surface area contributed by atoms with Crippen molar-refractivity contribution >= 4 is 27.6 Å². The third-order valence-electron chi connectivity index (χ3n) is 4.97. The van der Waals surface area contributed by atoms with Gasteiger partial charge < -0.3 is 20.5 Å². The largest absolute Gasteiger partial charge is 0.496 e. The lowest BCUT2D eigenvalue weighted by molar-refractivity contribution is 0.103. The van der Waals surface area contributed by atoms with Gasteiger partial charge in [0.15, 0.2) is 0 Å². The van der Waals surface area contributed by atoms with Gasteiger partial charge in [-0.15, -0.1) is 0 Å². The number of piperidine rings is 1. The Bertz CT molecular complexity index is 1010. The number of methoxy groups -OCH3 is 2. The van der Waals surface area contributed by atoms with E-state index in [1.54, 1.807) is 18.2 Å². The first kappa shape index (κ1) is 21.8. The van der Waals surface area contributed by atoms with Crippen LogP contribution >= 0.6 is 0 Å². The zero-order valence-corrected chi connectivity index (χ0v) is 17.9. The van der Waals surface area contributed by atoms with E-state index in [-0.39, 0.29) is 28.9 Å². The van der Waals surface area contributed by atoms with E-state index in [0.29, 0.717) is 37.4 Å². The van der Waals surface area contributed by atoms with Gasteiger partial charge in [-0.25, -0.2) is 17.7 Å². The number of ether oxygens (including phenoxy) is 2. The molecule has 1 fully saturated rings. The number of nitrogens with zero attached hydrogens (tertiary/aromatic N) is 3. The van der Waals surface area contributed by atoms with Crippen LogP contribution in [0.25, 0.3) is 0 Å². The molecule has 2 heterocycles. The zero-order chi connectivity index (χ0) is 21.9. The standard InChI is InChI=1S/C19H25N5O5S/c1-28-14-5-4-6-15(29-2)16(14)17(25)13-11-21-19(23-18(13)20)22-12-7-9-24(10-8-12)30(3,26)27/h4-6,11-12H,7-10H2,1-3H3,(H3,20,21,22,23). The molecule has 0 atom stereocenters. The SMILES string of the molecule is COc1cccc(OC)c1C(=O)c1cnc(NC2CCN(S(C)(=O)=O)CC2)nc1N. The molecule has 3 rings (SSSR count). The summed E-state index contributed by atoms with van der Waals surface area (Å²) in [6.45, 7) is 0.853. The fraction of sp³-hybridized carbons (Fsp3) is 0.421. The topological polar surface area (TPSA) is 137 Å². The normalized spacial score (nSPS) is 15.6. The number of nitrogen functional groups attached to an aromatic ring is 1. The van der Waals surface area contributed by atoms with Gasteiger partial charge >= 0.3 is 0 Å². The van der Waals surface area contributed by atoms with E-state index in [2.05, 4.69) is 15.3 Å². The molecule has 1 aromatic carbocycles. The smallest absolute Gasteiger partial charge is 0.224 e. The summed E-state index contributed by atoms with van der Waals surface area (Å²) in [7, 11) is -0.254. The van der Waals surface area contributed by atoms with Crippen LogP contribution in [0.4, 0.5) is 11.8 Å². The first-order valence-electron chi connectivity index (χ1n) is 9.34. The predicted molar refractivity (Wildman–Crippen MR) is 112 cm³/mol. The molecule has 0 saturated carbocycles. The molecule has 10 nitrogen and oxygen atoms in total. The van der Waals surface area contributed by atoms with Gasteiger partial charge in [0.25, 0.3) is 0 Å². The summed E-state index contributed by atoms with van der Waals surface area (Å²) in [5.41, 5.74) is 6.42. The van der Waals surface area contributed by atoms with Crippen molar-refractivity contribution in [1.29, 1.82) is 0 Å². The summed E-state index contributed by atoms with van der Waals surface area (Å²) in [5, 5.41) is 3.16. The quantitative estimate of drug-likeness (QED) is 0.613. The van der Waals surface area contributed by atoms with Crippen LogP contribution in [0.2, 0.25) is 0 Å². The molecule has 0 bridgehead atoms. The first-order chi connectivity index (χ1) is 14.2. The number of carbonyl (C=O) groups excluding carboxylic acids is 1. The zero-order valence-electron chi connectivity index (χ0n) is 17.1. The molecular formula is C19H25N5O5S. The number of nitrogens with one attached hydrogen (secondary N) is 1. The Morgan fingerprint density at radius 3 is 2.30 bits per heavy atom. The molecular weight excluding hydrogens is 410 g/mol. The van der Waals surface area contributed by atoms with Crippen molar-refractivity contribution in [3.05, 3.63) is 35.5 Å². The highest BCUT2D eigenvalue weighted by molar-refractivity contribution is 7.88. The summed E-state index contributed by atoms with van der Waals surface area (Å²) in [5.74, 6) is 0.625. The van der Waals surface area contributed by atoms with Crippen LogP contribution in [0, 0.1) is 0 Å². The van der Waals surface area contributed by atoms with Gasteiger partial charge in [-0.2, -0.15) is 4.98 Å². The van der Waals surface area contributed by atoms with Crippen molar-refractivity contribution in [3.8, 4) is 11.5 Å². The van der Waals surface area contributed by atoms with Gasteiger partial charge in [-0.05, 0) is 25.0 Å². The number of ketones is 1. The Hall–Kier alpha value is -2.92. The third kappa shape index (κ3) is 4.62. The second-order valence-corrected chi connectivity index (χ2v) is 8.92. The Morgan fingerprint density at radius 2 is 1.80 bits per heavy atom. The van der Waals surface area contributed by atoms with E-state index >= 15 is 0 Å². The number of aromatic nitrogens is 2. The van der Waals surface area contributed by atoms with E-state index in [1.165, 1.54) is 31.0 Å². The molecule has 0 unspecified atom stereocenters. The van der Waals surface area contributed by atoms with Crippen LogP contribution < -0.4 is 20.5 Å². The van der Waals surface area contributed by atoms with E-state index < -0.39 is 15.8 Å². The van der Waals surface area contributed by atoms with Crippen molar-refractivity contribution in [1.82, 2.24) is 14.3 Å². The summed E-state index contributed by atoms with van der Waals surface area (Å²) < 4.78 is 35.3. The highest BCUT2D eigenvalue weighted by Crippen LogP contribution is 2.31. The Labute approximate surface area is 175 Å². The highest BCUT2D eigenvalue weighted by atomic mass is 32.2. The maximum absolute atomic E-state index is 13.1. The van der Waals surface area contributed by atoms with Gasteiger partial charge in [0.1, 0.15) is 22.9 Å². The molecule has 0 radical (unpaired) electrons. The first-order valence-corrected chi connectivity index (χ1v) is 11.2. The average molecular weight is 436 g/mol. The van der Waals surface area contributed by atoms with Crippen molar-refractivity contribution in [2.75, 3.05) is 44.6 Å². The fourth-order valence-electron chi connectivity index (χ4n) is 3.36. The lowest BCUT2D eigenvalue weighted by Gasteiger charge is -2.30. The van der Waals surface area contributed by atoms with Gasteiger partial charge in [-0.3, -0.25) is 4.79 Å². The summed E-state index contributed by atoms with van der Waals surface area (Å²) in [6, 6.07) is 5.05. The van der Waals surface area contributed by atoms with E-state index in [9.17, 15) is 13.2 Å². The molecule has 0 spiro atoms. The lowest BCUT2D eigenvalue weighted by Crippen LogP contribution is -2.42. The number of nitrogens with two attached hydrogens (primary N) is 1. The van der Waals surface area contributed by atoms with Crippen LogP contribution in [0.5, 0.6) is 11.5 Å². The molecule has 0 aliphatic carbocycles. The second kappa shape index (κ2) is 8.84. The van der Waals surface area contributed by atoms with Crippen LogP contribution in [-0.2, 0) is 10.0 Å². The summed E-state index contributed by atoms with van der Waals surface area (Å²) in [6.07, 6.45) is 3.81. The van der Waals surface area contributed by atoms with E-state index in [0.717, 1.165) is 0 Å². The Balaban J connectivity index is 1.76. The van der Waals surface area contributed by atoms with Gasteiger partial charge in [-0.1, -0.05) is 6.07 Å². The van der Waals surface area contributed by atoms with Crippen molar-refractivity contribution < 1.29 is 22.7 Å². The summed E-state index contributed by atoms with van der Waals surface area (Å²) >= 11 is 0. The molecule has 3 N–H and O–H groups in total. The van der Waals surface area contributed by atoms with Crippen molar-refractivity contribution in [2.45, 2.75) is 18.9 Å². The number of benzene rings is 1. The minimum atomic E-state index is -3.19. The Morgan fingerprint density at radius 1 is 1.20 bits per heavy atom. The van der Waals surface area contributed by atoms with Crippen molar-refractivity contribution in [2.24, 2.45) is 0 Å². The number of hydrogen-bond donors (Lipinski definition) is 2. The third-order valence-corrected chi connectivity index (χ3v) is 6.28. The molecule has 1 aliphatic heterocycles. The maximum Gasteiger partial charge on any atom is 0.224 e. The second-order valence-electron chi connectivity index (χ2n) is 6.94. The van der Waals surface area contributed by atoms with Gasteiger partial charge in [0.05, 0.1) is 26.0 Å². The highest BCUT2D eigenvalue weighted by Gasteiger charge is 2.26. The predicted octanol–water partition coefficient (Wildman–Crippen LogP) is 1.14. The lowest BCUT2D eigenvalue weighted by atomic mass is 10.0. The number of carbonyl (C=O) groups is 1. The average Bonchev–Trinajstić information content (AvgIpc) is 2.72.